The molecule has 1 heterocycles. The fraction of sp³-hybridized carbons (Fsp3) is 0.538. The van der Waals surface area contributed by atoms with Crippen molar-refractivity contribution in [3.63, 3.8) is 0 Å². The van der Waals surface area contributed by atoms with E-state index in [2.05, 4.69) is 0 Å². The summed E-state index contributed by atoms with van der Waals surface area (Å²) in [5, 5.41) is 0. The summed E-state index contributed by atoms with van der Waals surface area (Å²) in [6, 6.07) is 8.02. The average Bonchev–Trinajstić information content (AvgIpc) is 3.02. The van der Waals surface area contributed by atoms with Crippen LogP contribution in [0.15, 0.2) is 24.3 Å². The minimum atomic E-state index is -0.00676. The maximum Gasteiger partial charge on any atom is 0.598 e. The second kappa shape index (κ2) is 3.19. The fourth-order valence-corrected chi connectivity index (χ4v) is 3.72. The van der Waals surface area contributed by atoms with Crippen molar-refractivity contribution < 1.29 is 9.31 Å². The smallest absolute Gasteiger partial charge is 0.523 e. The van der Waals surface area contributed by atoms with Gasteiger partial charge in [-0.15, -0.1) is 0 Å². The van der Waals surface area contributed by atoms with Gasteiger partial charge in [0.05, 0.1) is 0 Å². The van der Waals surface area contributed by atoms with E-state index in [0.717, 1.165) is 23.3 Å². The number of hydrogen-bond donors (Lipinski definition) is 0. The van der Waals surface area contributed by atoms with Gasteiger partial charge in [-0.1, -0.05) is 25.0 Å². The van der Waals surface area contributed by atoms with E-state index in [0.29, 0.717) is 5.82 Å². The molecule has 3 unspecified atom stereocenters. The number of fused-ring (bicyclic) bond motifs is 3. The predicted octanol–water partition coefficient (Wildman–Crippen LogP) is 3.14. The standard InChI is InChI=1S/C13H15BO2/c1-2-4-13-12(3-1)15-14(16-13)11-8-9-5-6-10(11)7-9/h1-4,9-11H,5-8H2. The summed E-state index contributed by atoms with van der Waals surface area (Å²) in [6.45, 7) is 0. The Hall–Kier alpha value is -1.12. The summed E-state index contributed by atoms with van der Waals surface area (Å²) < 4.78 is 11.8. The molecule has 0 N–H and O–H groups in total. The third-order valence-corrected chi connectivity index (χ3v) is 4.48. The van der Waals surface area contributed by atoms with Gasteiger partial charge in [0.2, 0.25) is 0 Å². The van der Waals surface area contributed by atoms with Crippen LogP contribution >= 0.6 is 0 Å². The van der Waals surface area contributed by atoms with Crippen molar-refractivity contribution in [2.75, 3.05) is 0 Å². The lowest BCUT2D eigenvalue weighted by Gasteiger charge is -2.21. The molecule has 3 heteroatoms. The largest absolute Gasteiger partial charge is 0.598 e. The molecular formula is C13H15BO2. The highest BCUT2D eigenvalue weighted by Gasteiger charge is 2.51. The van der Waals surface area contributed by atoms with Gasteiger partial charge in [0.15, 0.2) is 0 Å². The van der Waals surface area contributed by atoms with Crippen LogP contribution in [0.1, 0.15) is 25.7 Å². The zero-order chi connectivity index (χ0) is 10.5. The fourth-order valence-electron chi connectivity index (χ4n) is 3.72. The third-order valence-electron chi connectivity index (χ3n) is 4.48. The molecule has 1 aromatic rings. The van der Waals surface area contributed by atoms with Gasteiger partial charge in [0.25, 0.3) is 0 Å². The Labute approximate surface area is 96.1 Å². The minimum Gasteiger partial charge on any atom is -0.523 e. The highest BCUT2D eigenvalue weighted by Crippen LogP contribution is 2.54. The lowest BCUT2D eigenvalue weighted by atomic mass is 9.64. The van der Waals surface area contributed by atoms with Crippen LogP contribution < -0.4 is 9.31 Å². The van der Waals surface area contributed by atoms with Gasteiger partial charge in [0.1, 0.15) is 11.5 Å². The molecule has 2 nitrogen and oxygen atoms in total. The maximum atomic E-state index is 5.92. The molecule has 0 amide bonds. The molecule has 16 heavy (non-hydrogen) atoms. The highest BCUT2D eigenvalue weighted by atomic mass is 16.6. The number of hydrogen-bond acceptors (Lipinski definition) is 2. The topological polar surface area (TPSA) is 18.5 Å². The van der Waals surface area contributed by atoms with Crippen LogP contribution in [0.4, 0.5) is 0 Å². The van der Waals surface area contributed by atoms with Gasteiger partial charge in [0, 0.05) is 5.82 Å². The Morgan fingerprint density at radius 1 is 1.00 bits per heavy atom. The van der Waals surface area contributed by atoms with E-state index in [9.17, 15) is 0 Å². The molecule has 2 saturated carbocycles. The molecule has 3 aliphatic rings. The van der Waals surface area contributed by atoms with Gasteiger partial charge in [-0.05, 0) is 36.8 Å². The normalized spacial score (nSPS) is 34.8. The Kier molecular flexibility index (Phi) is 1.79. The first-order chi connectivity index (χ1) is 7.90. The molecule has 0 radical (unpaired) electrons. The first-order valence-electron chi connectivity index (χ1n) is 6.32. The molecule has 82 valence electrons. The van der Waals surface area contributed by atoms with Crippen LogP contribution in [-0.4, -0.2) is 7.12 Å². The van der Waals surface area contributed by atoms with Gasteiger partial charge < -0.3 is 9.31 Å². The lowest BCUT2D eigenvalue weighted by molar-refractivity contribution is 0.394. The molecule has 3 atom stereocenters. The van der Waals surface area contributed by atoms with Crippen molar-refractivity contribution in [3.05, 3.63) is 24.3 Å². The molecule has 1 aromatic carbocycles. The molecule has 1 aliphatic heterocycles. The van der Waals surface area contributed by atoms with Crippen LogP contribution in [-0.2, 0) is 0 Å². The van der Waals surface area contributed by atoms with E-state index in [4.69, 9.17) is 9.31 Å². The molecule has 4 rings (SSSR count). The van der Waals surface area contributed by atoms with Gasteiger partial charge >= 0.3 is 7.12 Å². The predicted molar refractivity (Wildman–Crippen MR) is 62.7 cm³/mol. The first kappa shape index (κ1) is 8.97. The SMILES string of the molecule is c1ccc2c(c1)OB(C1CC3CCC1C3)O2. The molecule has 0 saturated heterocycles. The Morgan fingerprint density at radius 2 is 1.75 bits per heavy atom. The van der Waals surface area contributed by atoms with Crippen LogP contribution in [0.3, 0.4) is 0 Å². The summed E-state index contributed by atoms with van der Waals surface area (Å²) in [4.78, 5) is 0. The van der Waals surface area contributed by atoms with Crippen LogP contribution in [0, 0.1) is 11.8 Å². The van der Waals surface area contributed by atoms with E-state index in [1.165, 1.54) is 25.7 Å². The van der Waals surface area contributed by atoms with Crippen molar-refractivity contribution in [2.24, 2.45) is 11.8 Å². The van der Waals surface area contributed by atoms with Crippen LogP contribution in [0.25, 0.3) is 0 Å². The summed E-state index contributed by atoms with van der Waals surface area (Å²) in [6.07, 6.45) is 5.53. The Balaban J connectivity index is 1.56. The molecule has 0 spiro atoms. The van der Waals surface area contributed by atoms with Crippen molar-refractivity contribution in [3.8, 4) is 11.5 Å². The minimum absolute atomic E-state index is 0.00676. The molecular weight excluding hydrogens is 199 g/mol. The van der Waals surface area contributed by atoms with Crippen molar-refractivity contribution in [1.29, 1.82) is 0 Å². The van der Waals surface area contributed by atoms with Crippen molar-refractivity contribution in [2.45, 2.75) is 31.5 Å². The molecule has 2 fully saturated rings. The second-order valence-electron chi connectivity index (χ2n) is 5.39. The average molecular weight is 214 g/mol. The summed E-state index contributed by atoms with van der Waals surface area (Å²) >= 11 is 0. The van der Waals surface area contributed by atoms with Gasteiger partial charge in [-0.25, -0.2) is 0 Å². The van der Waals surface area contributed by atoms with Crippen LogP contribution in [0.2, 0.25) is 5.82 Å². The second-order valence-corrected chi connectivity index (χ2v) is 5.39. The van der Waals surface area contributed by atoms with E-state index >= 15 is 0 Å². The molecule has 2 bridgehead atoms. The van der Waals surface area contributed by atoms with E-state index in [1.54, 1.807) is 0 Å². The molecule has 0 aromatic heterocycles. The number of rotatable bonds is 1. The highest BCUT2D eigenvalue weighted by molar-refractivity contribution is 6.49. The summed E-state index contributed by atoms with van der Waals surface area (Å²) in [5.74, 6) is 4.28. The quantitative estimate of drug-likeness (QED) is 0.668. The zero-order valence-electron chi connectivity index (χ0n) is 9.26. The van der Waals surface area contributed by atoms with Gasteiger partial charge in [-0.3, -0.25) is 0 Å². The van der Waals surface area contributed by atoms with Gasteiger partial charge in [-0.2, -0.15) is 0 Å². The molecule has 2 aliphatic carbocycles. The van der Waals surface area contributed by atoms with E-state index in [-0.39, 0.29) is 7.12 Å². The first-order valence-corrected chi connectivity index (χ1v) is 6.32. The maximum absolute atomic E-state index is 5.92. The lowest BCUT2D eigenvalue weighted by Crippen LogP contribution is -2.33. The zero-order valence-corrected chi connectivity index (χ0v) is 9.26. The Bertz CT molecular complexity index is 395. The summed E-state index contributed by atoms with van der Waals surface area (Å²) in [7, 11) is -0.00676. The number of benzene rings is 1. The van der Waals surface area contributed by atoms with E-state index < -0.39 is 0 Å². The number of para-hydroxylation sites is 2. The van der Waals surface area contributed by atoms with Crippen molar-refractivity contribution >= 4 is 7.12 Å². The monoisotopic (exact) mass is 214 g/mol. The Morgan fingerprint density at radius 3 is 2.31 bits per heavy atom. The van der Waals surface area contributed by atoms with Crippen molar-refractivity contribution in [1.82, 2.24) is 0 Å². The summed E-state index contributed by atoms with van der Waals surface area (Å²) in [5.41, 5.74) is 0. The van der Waals surface area contributed by atoms with E-state index in [1.807, 2.05) is 24.3 Å². The van der Waals surface area contributed by atoms with Crippen LogP contribution in [0.5, 0.6) is 11.5 Å². The third kappa shape index (κ3) is 1.20.